The number of hydrogen-bond donors (Lipinski definition) is 2. The average Bonchev–Trinajstić information content (AvgIpc) is 2.18. The highest BCUT2D eigenvalue weighted by atomic mass is 28.4. The molecule has 2 N–H and O–H groups in total. The van der Waals surface area contributed by atoms with Gasteiger partial charge in [0, 0.05) is 18.6 Å². The molecule has 1 saturated heterocycles. The lowest BCUT2D eigenvalue weighted by atomic mass is 9.82. The van der Waals surface area contributed by atoms with Gasteiger partial charge in [0.15, 0.2) is 0 Å². The van der Waals surface area contributed by atoms with Crippen LogP contribution >= 0.6 is 0 Å². The normalized spacial score (nSPS) is 24.9. The first-order valence-corrected chi connectivity index (χ1v) is 6.97. The van der Waals surface area contributed by atoms with Crippen LogP contribution in [-0.4, -0.2) is 31.9 Å². The molecule has 14 heavy (non-hydrogen) atoms. The maximum atomic E-state index is 9.18. The lowest BCUT2D eigenvalue weighted by Gasteiger charge is -2.39. The van der Waals surface area contributed by atoms with Crippen LogP contribution in [0.4, 0.5) is 0 Å². The third kappa shape index (κ3) is 3.03. The molecular formula is C9H20O4Si. The van der Waals surface area contributed by atoms with Crippen molar-refractivity contribution in [2.24, 2.45) is 5.41 Å². The number of rotatable bonds is 4. The Bertz CT molecular complexity index is 174. The second-order valence-corrected chi connectivity index (χ2v) is 5.76. The summed E-state index contributed by atoms with van der Waals surface area (Å²) in [5.41, 5.74) is -0.00201. The third-order valence-electron chi connectivity index (χ3n) is 2.94. The lowest BCUT2D eigenvalue weighted by Crippen LogP contribution is -2.54. The fourth-order valence-electron chi connectivity index (χ4n) is 1.65. The van der Waals surface area contributed by atoms with Crippen molar-refractivity contribution < 1.29 is 18.4 Å². The minimum Gasteiger partial charge on any atom is -0.367 e. The smallest absolute Gasteiger partial charge is 0.367 e. The predicted molar refractivity (Wildman–Crippen MR) is 54.3 cm³/mol. The van der Waals surface area contributed by atoms with Gasteiger partial charge < -0.3 is 18.4 Å². The zero-order valence-electron chi connectivity index (χ0n) is 8.95. The van der Waals surface area contributed by atoms with E-state index in [1.165, 1.54) is 0 Å². The zero-order chi connectivity index (χ0) is 10.7. The van der Waals surface area contributed by atoms with Crippen molar-refractivity contribution in [3.63, 3.8) is 0 Å². The topological polar surface area (TPSA) is 58.9 Å². The Balaban J connectivity index is 2.48. The third-order valence-corrected chi connectivity index (χ3v) is 3.98. The van der Waals surface area contributed by atoms with Gasteiger partial charge in [-0.2, -0.15) is 0 Å². The lowest BCUT2D eigenvalue weighted by molar-refractivity contribution is -0.0884. The van der Waals surface area contributed by atoms with E-state index in [0.29, 0.717) is 13.2 Å². The molecule has 0 radical (unpaired) electrons. The van der Waals surface area contributed by atoms with Crippen LogP contribution in [0.1, 0.15) is 39.5 Å². The number of unbranched alkanes of at least 4 members (excludes halogenated alkanes) is 1. The van der Waals surface area contributed by atoms with Gasteiger partial charge in [-0.3, -0.25) is 0 Å². The zero-order valence-corrected chi connectivity index (χ0v) is 9.95. The van der Waals surface area contributed by atoms with E-state index in [1.807, 2.05) is 0 Å². The molecular weight excluding hydrogens is 200 g/mol. The molecule has 0 aromatic carbocycles. The molecule has 1 rings (SSSR count). The Morgan fingerprint density at radius 2 is 1.79 bits per heavy atom. The fourth-order valence-corrected chi connectivity index (χ4v) is 2.73. The highest BCUT2D eigenvalue weighted by molar-refractivity contribution is 6.50. The van der Waals surface area contributed by atoms with Crippen LogP contribution in [0.3, 0.4) is 0 Å². The van der Waals surface area contributed by atoms with Crippen molar-refractivity contribution in [1.29, 1.82) is 0 Å². The van der Waals surface area contributed by atoms with Crippen LogP contribution < -0.4 is 0 Å². The van der Waals surface area contributed by atoms with Gasteiger partial charge in [-0.25, -0.2) is 0 Å². The summed E-state index contributed by atoms with van der Waals surface area (Å²) in [6.07, 6.45) is 4.26. The number of hydrogen-bond acceptors (Lipinski definition) is 4. The highest BCUT2D eigenvalue weighted by Crippen LogP contribution is 2.34. The molecule has 0 saturated carbocycles. The van der Waals surface area contributed by atoms with Gasteiger partial charge in [0.25, 0.3) is 0 Å². The van der Waals surface area contributed by atoms with Crippen molar-refractivity contribution in [3.05, 3.63) is 0 Å². The SMILES string of the molecule is CCCCC1(CC)CO[Si](O)(O)OC1. The van der Waals surface area contributed by atoms with Crippen molar-refractivity contribution in [2.45, 2.75) is 39.5 Å². The van der Waals surface area contributed by atoms with Gasteiger partial charge in [0.05, 0.1) is 0 Å². The van der Waals surface area contributed by atoms with Gasteiger partial charge in [0.1, 0.15) is 0 Å². The van der Waals surface area contributed by atoms with E-state index in [-0.39, 0.29) is 5.41 Å². The summed E-state index contributed by atoms with van der Waals surface area (Å²) in [6.45, 7) is 5.07. The Labute approximate surface area is 86.3 Å². The van der Waals surface area contributed by atoms with Crippen LogP contribution in [0.25, 0.3) is 0 Å². The van der Waals surface area contributed by atoms with E-state index >= 15 is 0 Å². The molecule has 0 amide bonds. The van der Waals surface area contributed by atoms with E-state index < -0.39 is 9.05 Å². The molecule has 0 aromatic heterocycles. The monoisotopic (exact) mass is 220 g/mol. The standard InChI is InChI=1S/C9H20O4Si/c1-3-5-6-9(4-2)7-12-14(10,11)13-8-9/h10-11H,3-8H2,1-2H3. The maximum absolute atomic E-state index is 9.18. The van der Waals surface area contributed by atoms with Crippen LogP contribution in [0, 0.1) is 5.41 Å². The minimum atomic E-state index is -3.73. The van der Waals surface area contributed by atoms with Crippen molar-refractivity contribution in [3.8, 4) is 0 Å². The summed E-state index contributed by atoms with van der Waals surface area (Å²) in [6, 6.07) is 0. The molecule has 0 aromatic rings. The molecule has 0 bridgehead atoms. The fraction of sp³-hybridized carbons (Fsp3) is 1.00. The summed E-state index contributed by atoms with van der Waals surface area (Å²) in [5.74, 6) is 0. The summed E-state index contributed by atoms with van der Waals surface area (Å²) in [5, 5.41) is 0. The van der Waals surface area contributed by atoms with Crippen LogP contribution in [0.15, 0.2) is 0 Å². The van der Waals surface area contributed by atoms with Crippen molar-refractivity contribution in [2.75, 3.05) is 13.2 Å². The molecule has 84 valence electrons. The van der Waals surface area contributed by atoms with Crippen molar-refractivity contribution >= 4 is 9.05 Å². The van der Waals surface area contributed by atoms with E-state index in [2.05, 4.69) is 13.8 Å². The molecule has 4 nitrogen and oxygen atoms in total. The van der Waals surface area contributed by atoms with E-state index in [1.54, 1.807) is 0 Å². The van der Waals surface area contributed by atoms with Gasteiger partial charge in [0.2, 0.25) is 0 Å². The molecule has 0 aliphatic carbocycles. The second-order valence-electron chi connectivity index (χ2n) is 4.08. The van der Waals surface area contributed by atoms with Gasteiger partial charge in [-0.1, -0.05) is 26.7 Å². The second kappa shape index (κ2) is 4.72. The summed E-state index contributed by atoms with van der Waals surface area (Å²) in [7, 11) is -3.73. The molecule has 0 atom stereocenters. The molecule has 1 fully saturated rings. The molecule has 0 spiro atoms. The van der Waals surface area contributed by atoms with Crippen LogP contribution in [-0.2, 0) is 8.85 Å². The van der Waals surface area contributed by atoms with Crippen LogP contribution in [0.2, 0.25) is 0 Å². The summed E-state index contributed by atoms with van der Waals surface area (Å²) >= 11 is 0. The summed E-state index contributed by atoms with van der Waals surface area (Å²) < 4.78 is 9.99. The Morgan fingerprint density at radius 1 is 1.21 bits per heavy atom. The molecule has 1 aliphatic rings. The van der Waals surface area contributed by atoms with Gasteiger partial charge in [-0.15, -0.1) is 0 Å². The predicted octanol–water partition coefficient (Wildman–Crippen LogP) is 1.04. The molecule has 5 heteroatoms. The van der Waals surface area contributed by atoms with Gasteiger partial charge in [-0.05, 0) is 12.8 Å². The van der Waals surface area contributed by atoms with E-state index in [9.17, 15) is 9.59 Å². The van der Waals surface area contributed by atoms with Crippen molar-refractivity contribution in [1.82, 2.24) is 0 Å². The first-order valence-electron chi connectivity index (χ1n) is 5.26. The summed E-state index contributed by atoms with van der Waals surface area (Å²) in [4.78, 5) is 18.4. The van der Waals surface area contributed by atoms with Crippen LogP contribution in [0.5, 0.6) is 0 Å². The quantitative estimate of drug-likeness (QED) is 0.695. The minimum absolute atomic E-state index is 0.00201. The Morgan fingerprint density at radius 3 is 2.21 bits per heavy atom. The van der Waals surface area contributed by atoms with E-state index in [4.69, 9.17) is 8.85 Å². The molecule has 1 aliphatic heterocycles. The molecule has 1 heterocycles. The molecule has 0 unspecified atom stereocenters. The maximum Gasteiger partial charge on any atom is 0.674 e. The Hall–Kier alpha value is 0.0569. The highest BCUT2D eigenvalue weighted by Gasteiger charge is 2.46. The van der Waals surface area contributed by atoms with Gasteiger partial charge >= 0.3 is 9.05 Å². The first-order chi connectivity index (χ1) is 6.54. The Kier molecular flexibility index (Phi) is 4.09. The average molecular weight is 220 g/mol. The van der Waals surface area contributed by atoms with E-state index in [0.717, 1.165) is 25.7 Å². The largest absolute Gasteiger partial charge is 0.674 e. The first kappa shape index (κ1) is 12.1.